The van der Waals surface area contributed by atoms with Crippen LogP contribution in [0.2, 0.25) is 0 Å². The molecule has 0 bridgehead atoms. The minimum absolute atomic E-state index is 0.148. The highest BCUT2D eigenvalue weighted by molar-refractivity contribution is 7.88. The van der Waals surface area contributed by atoms with E-state index in [-0.39, 0.29) is 5.41 Å². The number of sulfonamides is 1. The molecule has 1 spiro atoms. The summed E-state index contributed by atoms with van der Waals surface area (Å²) < 4.78 is 25.1. The van der Waals surface area contributed by atoms with E-state index in [1.807, 2.05) is 12.3 Å². The fourth-order valence-corrected chi connectivity index (χ4v) is 6.06. The van der Waals surface area contributed by atoms with Crippen LogP contribution in [0, 0.1) is 16.7 Å². The molecule has 0 aliphatic carbocycles. The predicted octanol–water partition coefficient (Wildman–Crippen LogP) is 2.33. The highest BCUT2D eigenvalue weighted by atomic mass is 32.2. The van der Waals surface area contributed by atoms with Gasteiger partial charge in [-0.05, 0) is 35.6 Å². The zero-order valence-electron chi connectivity index (χ0n) is 17.8. The Morgan fingerprint density at radius 1 is 1.13 bits per heavy atom. The molecule has 1 aromatic heterocycles. The quantitative estimate of drug-likeness (QED) is 0.730. The summed E-state index contributed by atoms with van der Waals surface area (Å²) in [5.41, 5.74) is 4.58. The van der Waals surface area contributed by atoms with E-state index in [0.717, 1.165) is 56.9 Å². The number of aromatic nitrogens is 1. The second-order valence-corrected chi connectivity index (χ2v) is 11.2. The fourth-order valence-electron chi connectivity index (χ4n) is 5.22. The Morgan fingerprint density at radius 2 is 1.77 bits per heavy atom. The molecule has 7 nitrogen and oxygen atoms in total. The van der Waals surface area contributed by atoms with Gasteiger partial charge in [0.25, 0.3) is 0 Å². The first-order valence-corrected chi connectivity index (χ1v) is 12.6. The van der Waals surface area contributed by atoms with Crippen LogP contribution in [0.4, 0.5) is 5.82 Å². The summed E-state index contributed by atoms with van der Waals surface area (Å²) in [5.74, 6) is 0.757. The molecule has 8 heteroatoms. The lowest BCUT2D eigenvalue weighted by molar-refractivity contribution is 0.114. The lowest BCUT2D eigenvalue weighted by Gasteiger charge is -2.54. The monoisotopic (exact) mass is 437 g/mol. The third kappa shape index (κ3) is 3.93. The SMILES string of the molecule is CS(=O)(=O)N1CCC2(CC1)CN(c1ncc(CN3Cc4ccccc4C3)cc1C#N)C2. The number of nitriles is 1. The first-order valence-electron chi connectivity index (χ1n) is 10.7. The summed E-state index contributed by atoms with van der Waals surface area (Å²) in [6, 6.07) is 12.8. The minimum atomic E-state index is -3.11. The molecule has 0 saturated carbocycles. The zero-order chi connectivity index (χ0) is 21.6. The second kappa shape index (κ2) is 7.59. The second-order valence-electron chi connectivity index (χ2n) is 9.26. The lowest BCUT2D eigenvalue weighted by atomic mass is 9.72. The van der Waals surface area contributed by atoms with Crippen LogP contribution in [0.3, 0.4) is 0 Å². The van der Waals surface area contributed by atoms with Crippen molar-refractivity contribution >= 4 is 15.8 Å². The molecular weight excluding hydrogens is 410 g/mol. The topological polar surface area (TPSA) is 80.5 Å². The van der Waals surface area contributed by atoms with Gasteiger partial charge in [0.05, 0.1) is 11.8 Å². The highest BCUT2D eigenvalue weighted by Gasteiger charge is 2.46. The number of benzene rings is 1. The maximum absolute atomic E-state index is 11.8. The van der Waals surface area contributed by atoms with Gasteiger partial charge in [-0.1, -0.05) is 24.3 Å². The van der Waals surface area contributed by atoms with Crippen molar-refractivity contribution in [1.29, 1.82) is 5.26 Å². The summed E-state index contributed by atoms with van der Waals surface area (Å²) in [6.07, 6.45) is 4.91. The number of piperidine rings is 1. The van der Waals surface area contributed by atoms with Crippen LogP contribution >= 0.6 is 0 Å². The first kappa shape index (κ1) is 20.4. The first-order chi connectivity index (χ1) is 14.9. The number of anilines is 1. The molecule has 162 valence electrons. The number of nitrogens with zero attached hydrogens (tertiary/aromatic N) is 5. The van der Waals surface area contributed by atoms with Crippen LogP contribution in [0.25, 0.3) is 0 Å². The van der Waals surface area contributed by atoms with Gasteiger partial charge in [-0.2, -0.15) is 5.26 Å². The van der Waals surface area contributed by atoms with Gasteiger partial charge in [0.2, 0.25) is 10.0 Å². The summed E-state index contributed by atoms with van der Waals surface area (Å²) in [4.78, 5) is 9.21. The van der Waals surface area contributed by atoms with E-state index in [1.165, 1.54) is 17.4 Å². The van der Waals surface area contributed by atoms with Gasteiger partial charge in [-0.15, -0.1) is 0 Å². The Labute approximate surface area is 184 Å². The smallest absolute Gasteiger partial charge is 0.211 e. The van der Waals surface area contributed by atoms with E-state index in [2.05, 4.69) is 45.1 Å². The Bertz CT molecular complexity index is 1120. The van der Waals surface area contributed by atoms with Gasteiger partial charge >= 0.3 is 0 Å². The molecule has 2 saturated heterocycles. The normalized spacial score (nSPS) is 21.0. The molecular formula is C23H27N5O2S. The van der Waals surface area contributed by atoms with Crippen LogP contribution in [-0.4, -0.2) is 55.0 Å². The van der Waals surface area contributed by atoms with E-state index in [1.54, 1.807) is 4.31 Å². The molecule has 3 aliphatic rings. The van der Waals surface area contributed by atoms with Gasteiger partial charge in [0.15, 0.2) is 0 Å². The van der Waals surface area contributed by atoms with Crippen molar-refractivity contribution < 1.29 is 8.42 Å². The third-order valence-electron chi connectivity index (χ3n) is 6.96. The molecule has 0 N–H and O–H groups in total. The average Bonchev–Trinajstić information content (AvgIpc) is 3.13. The van der Waals surface area contributed by atoms with Gasteiger partial charge in [0.1, 0.15) is 11.9 Å². The van der Waals surface area contributed by atoms with E-state index in [9.17, 15) is 13.7 Å². The summed E-state index contributed by atoms with van der Waals surface area (Å²) in [7, 11) is -3.11. The molecule has 3 aliphatic heterocycles. The molecule has 0 radical (unpaired) electrons. The maximum Gasteiger partial charge on any atom is 0.211 e. The molecule has 1 aromatic carbocycles. The molecule has 5 rings (SSSR count). The summed E-state index contributed by atoms with van der Waals surface area (Å²) in [5, 5.41) is 9.74. The summed E-state index contributed by atoms with van der Waals surface area (Å²) in [6.45, 7) is 5.49. The van der Waals surface area contributed by atoms with Crippen molar-refractivity contribution in [2.75, 3.05) is 37.3 Å². The third-order valence-corrected chi connectivity index (χ3v) is 8.26. The number of rotatable bonds is 4. The Balaban J connectivity index is 1.23. The van der Waals surface area contributed by atoms with Crippen molar-refractivity contribution in [3.8, 4) is 6.07 Å². The van der Waals surface area contributed by atoms with Crippen molar-refractivity contribution in [2.24, 2.45) is 5.41 Å². The molecule has 0 amide bonds. The van der Waals surface area contributed by atoms with E-state index in [0.29, 0.717) is 18.7 Å². The standard InChI is InChI=1S/C23H27N5O2S/c1-31(29,30)28-8-6-23(7-9-28)16-27(17-23)22-21(11-24)10-18(12-25-22)13-26-14-19-4-2-3-5-20(19)15-26/h2-5,10,12H,6-9,13-17H2,1H3. The van der Waals surface area contributed by atoms with Gasteiger partial charge in [-0.3, -0.25) is 4.90 Å². The van der Waals surface area contributed by atoms with Crippen molar-refractivity contribution in [3.05, 3.63) is 58.8 Å². The number of pyridine rings is 1. The Hall–Kier alpha value is -2.47. The maximum atomic E-state index is 11.8. The van der Waals surface area contributed by atoms with Crippen LogP contribution < -0.4 is 4.90 Å². The molecule has 4 heterocycles. The van der Waals surface area contributed by atoms with Crippen LogP contribution in [0.5, 0.6) is 0 Å². The molecule has 0 unspecified atom stereocenters. The van der Waals surface area contributed by atoms with E-state index >= 15 is 0 Å². The Morgan fingerprint density at radius 3 is 2.35 bits per heavy atom. The van der Waals surface area contributed by atoms with Crippen LogP contribution in [0.1, 0.15) is 35.1 Å². The molecule has 2 aromatic rings. The van der Waals surface area contributed by atoms with E-state index < -0.39 is 10.0 Å². The van der Waals surface area contributed by atoms with Crippen LogP contribution in [-0.2, 0) is 29.7 Å². The average molecular weight is 438 g/mol. The highest BCUT2D eigenvalue weighted by Crippen LogP contribution is 2.43. The van der Waals surface area contributed by atoms with E-state index in [4.69, 9.17) is 0 Å². The van der Waals surface area contributed by atoms with Crippen molar-refractivity contribution in [1.82, 2.24) is 14.2 Å². The number of fused-ring (bicyclic) bond motifs is 1. The minimum Gasteiger partial charge on any atom is -0.354 e. The zero-order valence-corrected chi connectivity index (χ0v) is 18.6. The van der Waals surface area contributed by atoms with Gasteiger partial charge in [0, 0.05) is 57.4 Å². The van der Waals surface area contributed by atoms with Crippen molar-refractivity contribution in [3.63, 3.8) is 0 Å². The largest absolute Gasteiger partial charge is 0.354 e. The lowest BCUT2D eigenvalue weighted by Crippen LogP contribution is -2.61. The van der Waals surface area contributed by atoms with Gasteiger partial charge < -0.3 is 4.90 Å². The molecule has 31 heavy (non-hydrogen) atoms. The summed E-state index contributed by atoms with van der Waals surface area (Å²) >= 11 is 0. The van der Waals surface area contributed by atoms with Gasteiger partial charge in [-0.25, -0.2) is 17.7 Å². The predicted molar refractivity (Wildman–Crippen MR) is 119 cm³/mol. The fraction of sp³-hybridized carbons (Fsp3) is 0.478. The number of hydrogen-bond acceptors (Lipinski definition) is 6. The van der Waals surface area contributed by atoms with Crippen molar-refractivity contribution in [2.45, 2.75) is 32.5 Å². The van der Waals surface area contributed by atoms with Crippen LogP contribution in [0.15, 0.2) is 36.5 Å². The number of hydrogen-bond donors (Lipinski definition) is 0. The Kier molecular flexibility index (Phi) is 5.00. The molecule has 2 fully saturated rings. The molecule has 0 atom stereocenters.